The Morgan fingerprint density at radius 2 is 2.11 bits per heavy atom. The first-order chi connectivity index (χ1) is 8.24. The Balaban J connectivity index is 2.69. The van der Waals surface area contributed by atoms with E-state index in [4.69, 9.17) is 0 Å². The van der Waals surface area contributed by atoms with Gasteiger partial charge in [-0.2, -0.15) is 13.2 Å². The Morgan fingerprint density at radius 3 is 2.61 bits per heavy atom. The third-order valence-corrected chi connectivity index (χ3v) is 2.24. The number of imide groups is 1. The summed E-state index contributed by atoms with van der Waals surface area (Å²) in [7, 11) is 0. The smallest absolute Gasteiger partial charge is 0.422 e. The minimum Gasteiger partial charge on any atom is -0.440 e. The number of nitrogens with one attached hydrogen (secondary N) is 1. The molecule has 0 spiro atoms. The van der Waals surface area contributed by atoms with Gasteiger partial charge in [-0.25, -0.2) is 4.79 Å². The van der Waals surface area contributed by atoms with Gasteiger partial charge in [-0.1, -0.05) is 6.92 Å². The van der Waals surface area contributed by atoms with E-state index < -0.39 is 43.3 Å². The number of carbonyl (C=O) groups excluding carboxylic acids is 3. The molecule has 1 rings (SSSR count). The van der Waals surface area contributed by atoms with Crippen LogP contribution in [0.3, 0.4) is 0 Å². The fourth-order valence-electron chi connectivity index (χ4n) is 1.49. The lowest BCUT2D eigenvalue weighted by Crippen LogP contribution is -2.59. The van der Waals surface area contributed by atoms with Gasteiger partial charge < -0.3 is 4.74 Å². The minimum absolute atomic E-state index is 0.167. The molecule has 1 atom stereocenters. The number of piperazine rings is 1. The van der Waals surface area contributed by atoms with Gasteiger partial charge >= 0.3 is 12.3 Å². The molecule has 0 saturated carbocycles. The number of carbonyl (C=O) groups is 3. The average molecular weight is 268 g/mol. The Labute approximate surface area is 100 Å². The third kappa shape index (κ3) is 3.60. The predicted molar refractivity (Wildman–Crippen MR) is 51.3 cm³/mol. The van der Waals surface area contributed by atoms with Crippen molar-refractivity contribution in [2.24, 2.45) is 0 Å². The van der Waals surface area contributed by atoms with Crippen LogP contribution in [0.4, 0.5) is 18.0 Å². The van der Waals surface area contributed by atoms with E-state index in [1.165, 1.54) is 0 Å². The van der Waals surface area contributed by atoms with Crippen LogP contribution in [0.2, 0.25) is 0 Å². The number of nitrogens with zero attached hydrogens (tertiary/aromatic N) is 1. The van der Waals surface area contributed by atoms with Crippen molar-refractivity contribution in [1.29, 1.82) is 0 Å². The molecular formula is C9H11F3N2O4. The van der Waals surface area contributed by atoms with Crippen LogP contribution in [0, 0.1) is 0 Å². The predicted octanol–water partition coefficient (Wildman–Crippen LogP) is 0.422. The van der Waals surface area contributed by atoms with Crippen molar-refractivity contribution in [3.63, 3.8) is 0 Å². The van der Waals surface area contributed by atoms with Gasteiger partial charge in [0.1, 0.15) is 12.6 Å². The maximum Gasteiger partial charge on any atom is 0.422 e. The quantitative estimate of drug-likeness (QED) is 0.736. The maximum absolute atomic E-state index is 11.9. The van der Waals surface area contributed by atoms with Gasteiger partial charge in [0.05, 0.1) is 0 Å². The van der Waals surface area contributed by atoms with Crippen molar-refractivity contribution in [2.75, 3.05) is 13.2 Å². The minimum atomic E-state index is -4.65. The van der Waals surface area contributed by atoms with Crippen LogP contribution in [0.1, 0.15) is 13.3 Å². The molecule has 1 saturated heterocycles. The zero-order chi connectivity index (χ0) is 13.9. The summed E-state index contributed by atoms with van der Waals surface area (Å²) in [4.78, 5) is 34.5. The van der Waals surface area contributed by atoms with Crippen molar-refractivity contribution in [2.45, 2.75) is 25.6 Å². The molecule has 0 bridgehead atoms. The lowest BCUT2D eigenvalue weighted by Gasteiger charge is -2.32. The summed E-state index contributed by atoms with van der Waals surface area (Å²) in [5.74, 6) is -1.48. The lowest BCUT2D eigenvalue weighted by molar-refractivity contribution is -0.163. The highest BCUT2D eigenvalue weighted by molar-refractivity contribution is 6.03. The summed E-state index contributed by atoms with van der Waals surface area (Å²) in [6.45, 7) is -0.695. The van der Waals surface area contributed by atoms with Crippen LogP contribution in [0.25, 0.3) is 0 Å². The summed E-state index contributed by atoms with van der Waals surface area (Å²) >= 11 is 0. The second-order valence-corrected chi connectivity index (χ2v) is 3.63. The molecule has 0 aromatic carbocycles. The number of halogens is 3. The van der Waals surface area contributed by atoms with Gasteiger partial charge in [0.2, 0.25) is 11.8 Å². The summed E-state index contributed by atoms with van der Waals surface area (Å²) in [6, 6.07) is -0.997. The van der Waals surface area contributed by atoms with Crippen LogP contribution < -0.4 is 5.32 Å². The van der Waals surface area contributed by atoms with E-state index in [2.05, 4.69) is 4.74 Å². The highest BCUT2D eigenvalue weighted by atomic mass is 19.4. The normalized spacial score (nSPS) is 20.7. The summed E-state index contributed by atoms with van der Waals surface area (Å²) in [6.07, 6.45) is -5.82. The van der Waals surface area contributed by atoms with E-state index in [0.717, 1.165) is 0 Å². The molecule has 102 valence electrons. The third-order valence-electron chi connectivity index (χ3n) is 2.24. The van der Waals surface area contributed by atoms with E-state index in [1.807, 2.05) is 5.32 Å². The molecule has 1 heterocycles. The summed E-state index contributed by atoms with van der Waals surface area (Å²) in [5, 5.41) is 1.99. The van der Waals surface area contributed by atoms with E-state index in [-0.39, 0.29) is 6.42 Å². The number of hydrogen-bond acceptors (Lipinski definition) is 4. The first-order valence-corrected chi connectivity index (χ1v) is 5.08. The fourth-order valence-corrected chi connectivity index (χ4v) is 1.49. The number of ether oxygens (including phenoxy) is 1. The highest BCUT2D eigenvalue weighted by Crippen LogP contribution is 2.17. The molecular weight excluding hydrogens is 257 g/mol. The molecule has 0 radical (unpaired) electrons. The van der Waals surface area contributed by atoms with E-state index >= 15 is 0 Å². The molecule has 1 fully saturated rings. The monoisotopic (exact) mass is 268 g/mol. The standard InChI is InChI=1S/C9H11F3N2O4/c1-2-5-7(16)13-6(15)3-14(5)8(17)18-4-9(10,11)12/h5H,2-4H2,1H3,(H,13,15,16). The maximum atomic E-state index is 11.9. The van der Waals surface area contributed by atoms with Crippen molar-refractivity contribution < 1.29 is 32.3 Å². The second-order valence-electron chi connectivity index (χ2n) is 3.63. The average Bonchev–Trinajstić information content (AvgIpc) is 2.24. The zero-order valence-corrected chi connectivity index (χ0v) is 9.41. The SMILES string of the molecule is CCC1C(=O)NC(=O)CN1C(=O)OCC(F)(F)F. The molecule has 1 unspecified atom stereocenters. The van der Waals surface area contributed by atoms with Crippen LogP contribution >= 0.6 is 0 Å². The number of rotatable bonds is 2. The highest BCUT2D eigenvalue weighted by Gasteiger charge is 2.38. The molecule has 1 aliphatic rings. The Kier molecular flexibility index (Phi) is 4.15. The van der Waals surface area contributed by atoms with E-state index in [9.17, 15) is 27.6 Å². The molecule has 9 heteroatoms. The van der Waals surface area contributed by atoms with Crippen molar-refractivity contribution in [3.8, 4) is 0 Å². The van der Waals surface area contributed by atoms with Crippen LogP contribution in [0.5, 0.6) is 0 Å². The number of amides is 3. The van der Waals surface area contributed by atoms with E-state index in [0.29, 0.717) is 4.90 Å². The van der Waals surface area contributed by atoms with Gasteiger partial charge in [0.25, 0.3) is 0 Å². The van der Waals surface area contributed by atoms with Crippen molar-refractivity contribution in [3.05, 3.63) is 0 Å². The lowest BCUT2D eigenvalue weighted by atomic mass is 10.1. The van der Waals surface area contributed by atoms with Gasteiger partial charge in [-0.05, 0) is 6.42 Å². The molecule has 6 nitrogen and oxygen atoms in total. The van der Waals surface area contributed by atoms with Crippen molar-refractivity contribution >= 4 is 17.9 Å². The first-order valence-electron chi connectivity index (χ1n) is 5.08. The van der Waals surface area contributed by atoms with Crippen molar-refractivity contribution in [1.82, 2.24) is 10.2 Å². The zero-order valence-electron chi connectivity index (χ0n) is 9.41. The van der Waals surface area contributed by atoms with Crippen LogP contribution in [-0.2, 0) is 14.3 Å². The number of alkyl halides is 3. The number of hydrogen-bond donors (Lipinski definition) is 1. The van der Waals surface area contributed by atoms with E-state index in [1.54, 1.807) is 6.92 Å². The van der Waals surface area contributed by atoms with Gasteiger partial charge in [0, 0.05) is 0 Å². The first kappa shape index (κ1) is 14.3. The summed E-state index contributed by atoms with van der Waals surface area (Å²) < 4.78 is 39.6. The molecule has 0 aliphatic carbocycles. The Bertz CT molecular complexity index is 369. The van der Waals surface area contributed by atoms with Crippen LogP contribution in [0.15, 0.2) is 0 Å². The molecule has 0 aromatic rings. The molecule has 1 aliphatic heterocycles. The topological polar surface area (TPSA) is 75.7 Å². The fraction of sp³-hybridized carbons (Fsp3) is 0.667. The molecule has 18 heavy (non-hydrogen) atoms. The summed E-state index contributed by atoms with van der Waals surface area (Å²) in [5.41, 5.74) is 0. The van der Waals surface area contributed by atoms with Crippen LogP contribution in [-0.4, -0.2) is 48.2 Å². The molecule has 3 amide bonds. The van der Waals surface area contributed by atoms with Gasteiger partial charge in [-0.15, -0.1) is 0 Å². The van der Waals surface area contributed by atoms with Gasteiger partial charge in [-0.3, -0.25) is 19.8 Å². The molecule has 0 aromatic heterocycles. The Morgan fingerprint density at radius 1 is 1.50 bits per heavy atom. The largest absolute Gasteiger partial charge is 0.440 e. The second kappa shape index (κ2) is 5.23. The van der Waals surface area contributed by atoms with Gasteiger partial charge in [0.15, 0.2) is 6.61 Å². The Hall–Kier alpha value is -1.80. The molecule has 1 N–H and O–H groups in total.